The summed E-state index contributed by atoms with van der Waals surface area (Å²) >= 11 is 0. The third-order valence-electron chi connectivity index (χ3n) is 5.20. The van der Waals surface area contributed by atoms with Crippen LogP contribution in [-0.2, 0) is 6.42 Å². The second-order valence-corrected chi connectivity index (χ2v) is 7.39. The number of methoxy groups -OCH3 is 1. The number of nitrogens with one attached hydrogen (secondary N) is 1. The number of aromatic nitrogens is 1. The van der Waals surface area contributed by atoms with Gasteiger partial charge in [-0.15, -0.1) is 10.2 Å². The molecule has 2 aromatic rings. The van der Waals surface area contributed by atoms with E-state index in [1.807, 2.05) is 0 Å². The molecule has 2 aliphatic heterocycles. The Bertz CT molecular complexity index is 819. The molecule has 0 saturated heterocycles. The number of benzene rings is 1. The summed E-state index contributed by atoms with van der Waals surface area (Å²) in [7, 11) is -3.21. The zero-order valence-electron chi connectivity index (χ0n) is 14.9. The highest BCUT2D eigenvalue weighted by molar-refractivity contribution is 6.04. The molecule has 4 rings (SSSR count). The standard InChI is InChI=1S/C18H22N2O.ClHO4/c1-3-12-5-4-9-20-10-8-15-14-7-6-13(21-2)11-16(14)19-17(15)18(12)20;2-1(3,4)5/h6-7,11-12H,3-5,8-10H2,1-2H3;(H,2,3,4,5). The van der Waals surface area contributed by atoms with Crippen LogP contribution in [0.5, 0.6) is 5.75 Å². The van der Waals surface area contributed by atoms with Crippen molar-refractivity contribution in [2.75, 3.05) is 20.2 Å². The molecular formula is C18H23ClN2O5. The van der Waals surface area contributed by atoms with Gasteiger partial charge in [-0.25, -0.2) is 23.2 Å². The van der Waals surface area contributed by atoms with Crippen LogP contribution < -0.4 is 23.4 Å². The molecule has 0 bridgehead atoms. The molecule has 0 aliphatic carbocycles. The maximum atomic E-state index is 8.49. The normalized spacial score (nSPS) is 19.5. The summed E-state index contributed by atoms with van der Waals surface area (Å²) in [5.74, 6) is 1.64. The lowest BCUT2D eigenvalue weighted by molar-refractivity contribution is -2.00. The van der Waals surface area contributed by atoms with Crippen molar-refractivity contribution < 1.29 is 38.2 Å². The number of aromatic amines is 1. The van der Waals surface area contributed by atoms with Crippen LogP contribution in [0.25, 0.3) is 10.9 Å². The van der Waals surface area contributed by atoms with E-state index < -0.39 is 10.2 Å². The zero-order chi connectivity index (χ0) is 18.9. The zero-order valence-corrected chi connectivity index (χ0v) is 15.7. The lowest BCUT2D eigenvalue weighted by Gasteiger charge is -2.25. The van der Waals surface area contributed by atoms with Gasteiger partial charge in [-0.2, -0.15) is 0 Å². The maximum absolute atomic E-state index is 8.49. The molecule has 7 nitrogen and oxygen atoms in total. The first-order valence-corrected chi connectivity index (χ1v) is 9.97. The minimum absolute atomic E-state index is 0.716. The molecule has 8 heteroatoms. The molecular weight excluding hydrogens is 360 g/mol. The van der Waals surface area contributed by atoms with E-state index in [0.29, 0.717) is 5.92 Å². The van der Waals surface area contributed by atoms with Crippen molar-refractivity contribution in [1.82, 2.24) is 4.98 Å². The van der Waals surface area contributed by atoms with E-state index in [-0.39, 0.29) is 0 Å². The molecule has 2 aliphatic rings. The largest absolute Gasteiger partial charge is 0.497 e. The Hall–Kier alpha value is -1.64. The van der Waals surface area contributed by atoms with E-state index in [1.165, 1.54) is 54.5 Å². The molecule has 0 radical (unpaired) electrons. The van der Waals surface area contributed by atoms with Gasteiger partial charge in [0, 0.05) is 35.7 Å². The molecule has 1 unspecified atom stereocenters. The van der Waals surface area contributed by atoms with Crippen molar-refractivity contribution in [3.63, 3.8) is 0 Å². The third kappa shape index (κ3) is 4.02. The monoisotopic (exact) mass is 382 g/mol. The predicted octanol–water partition coefficient (Wildman–Crippen LogP) is -1.40. The molecule has 1 atom stereocenters. The van der Waals surface area contributed by atoms with Gasteiger partial charge < -0.3 is 9.72 Å². The van der Waals surface area contributed by atoms with E-state index in [2.05, 4.69) is 34.7 Å². The van der Waals surface area contributed by atoms with Gasteiger partial charge >= 0.3 is 0 Å². The second-order valence-electron chi connectivity index (χ2n) is 6.64. The fraction of sp³-hybridized carbons (Fsp3) is 0.500. The summed E-state index contributed by atoms with van der Waals surface area (Å²) in [5.41, 5.74) is 5.70. The topological polar surface area (TPSA) is 120 Å². The first kappa shape index (κ1) is 19.1. The van der Waals surface area contributed by atoms with Crippen molar-refractivity contribution in [2.45, 2.75) is 32.6 Å². The van der Waals surface area contributed by atoms with Gasteiger partial charge in [0.1, 0.15) is 24.5 Å². The minimum atomic E-state index is -4.94. The molecule has 3 heterocycles. The Kier molecular flexibility index (Phi) is 5.55. The maximum Gasteiger partial charge on any atom is 0.203 e. The Morgan fingerprint density at radius 1 is 1.23 bits per heavy atom. The molecule has 0 saturated carbocycles. The van der Waals surface area contributed by atoms with Crippen molar-refractivity contribution in [2.24, 2.45) is 5.92 Å². The molecule has 26 heavy (non-hydrogen) atoms. The Morgan fingerprint density at radius 3 is 2.62 bits per heavy atom. The van der Waals surface area contributed by atoms with Crippen LogP contribution in [0, 0.1) is 16.2 Å². The van der Waals surface area contributed by atoms with Crippen molar-refractivity contribution >= 4 is 16.6 Å². The van der Waals surface area contributed by atoms with Crippen LogP contribution in [0.3, 0.4) is 0 Å². The molecule has 142 valence electrons. The van der Waals surface area contributed by atoms with Gasteiger partial charge in [0.15, 0.2) is 0 Å². The fourth-order valence-corrected chi connectivity index (χ4v) is 4.12. The van der Waals surface area contributed by atoms with Gasteiger partial charge in [0.2, 0.25) is 5.71 Å². The Morgan fingerprint density at radius 2 is 1.96 bits per heavy atom. The molecule has 0 spiro atoms. The van der Waals surface area contributed by atoms with Gasteiger partial charge in [0.25, 0.3) is 0 Å². The number of H-pyrrole nitrogens is 1. The van der Waals surface area contributed by atoms with Crippen LogP contribution in [0.2, 0.25) is 0 Å². The summed E-state index contributed by atoms with van der Waals surface area (Å²) in [5, 5.41) is 1.37. The van der Waals surface area contributed by atoms with Crippen LogP contribution in [-0.4, -0.2) is 35.5 Å². The molecule has 0 amide bonds. The van der Waals surface area contributed by atoms with E-state index in [9.17, 15) is 0 Å². The highest BCUT2D eigenvalue weighted by Crippen LogP contribution is 2.33. The highest BCUT2D eigenvalue weighted by atomic mass is 35.7. The molecule has 1 aromatic heterocycles. The van der Waals surface area contributed by atoms with Crippen LogP contribution in [0.15, 0.2) is 18.2 Å². The summed E-state index contributed by atoms with van der Waals surface area (Å²) in [6, 6.07) is 6.41. The summed E-state index contributed by atoms with van der Waals surface area (Å²) in [6.07, 6.45) is 5.07. The molecule has 1 N–H and O–H groups in total. The average molecular weight is 383 g/mol. The highest BCUT2D eigenvalue weighted by Gasteiger charge is 2.36. The first-order chi connectivity index (χ1) is 12.3. The SMILES string of the molecule is CCC1CCC[N+]2=C1c1[nH]c3cc(OC)ccc3c1CC2.[O-][Cl+3]([O-])([O-])[O-]. The van der Waals surface area contributed by atoms with E-state index in [1.54, 1.807) is 12.8 Å². The number of nitrogens with zero attached hydrogens (tertiary/aromatic N) is 1. The van der Waals surface area contributed by atoms with E-state index in [4.69, 9.17) is 23.4 Å². The smallest absolute Gasteiger partial charge is 0.203 e. The number of rotatable bonds is 2. The minimum Gasteiger partial charge on any atom is -0.497 e. The molecule has 0 fully saturated rings. The van der Waals surface area contributed by atoms with E-state index >= 15 is 0 Å². The first-order valence-electron chi connectivity index (χ1n) is 8.74. The van der Waals surface area contributed by atoms with Crippen molar-refractivity contribution in [1.29, 1.82) is 0 Å². The third-order valence-corrected chi connectivity index (χ3v) is 5.20. The number of halogens is 1. The van der Waals surface area contributed by atoms with Gasteiger partial charge in [-0.1, -0.05) is 6.92 Å². The molecule has 1 aromatic carbocycles. The van der Waals surface area contributed by atoms with Crippen molar-refractivity contribution in [3.8, 4) is 5.75 Å². The van der Waals surface area contributed by atoms with Gasteiger partial charge in [-0.05, 0) is 30.5 Å². The summed E-state index contributed by atoms with van der Waals surface area (Å²) in [6.45, 7) is 4.73. The number of fused-ring (bicyclic) bond motifs is 4. The van der Waals surface area contributed by atoms with E-state index in [0.717, 1.165) is 12.2 Å². The lowest BCUT2D eigenvalue weighted by Crippen LogP contribution is -2.68. The second kappa shape index (κ2) is 7.54. The van der Waals surface area contributed by atoms with Crippen molar-refractivity contribution in [3.05, 3.63) is 29.5 Å². The number of hydrogen-bond acceptors (Lipinski definition) is 5. The van der Waals surface area contributed by atoms with Gasteiger partial charge in [0.05, 0.1) is 7.11 Å². The summed E-state index contributed by atoms with van der Waals surface area (Å²) < 4.78 is 42.0. The van der Waals surface area contributed by atoms with Crippen LogP contribution in [0.1, 0.15) is 37.4 Å². The van der Waals surface area contributed by atoms with Gasteiger partial charge in [-0.3, -0.25) is 0 Å². The predicted molar refractivity (Wildman–Crippen MR) is 85.7 cm³/mol. The van der Waals surface area contributed by atoms with Crippen LogP contribution >= 0.6 is 0 Å². The summed E-state index contributed by atoms with van der Waals surface area (Å²) in [4.78, 5) is 3.70. The average Bonchev–Trinajstić information content (AvgIpc) is 2.97. The number of hydrogen-bond donors (Lipinski definition) is 1. The van der Waals surface area contributed by atoms with Crippen LogP contribution in [0.4, 0.5) is 0 Å². The lowest BCUT2D eigenvalue weighted by atomic mass is 9.85. The number of ether oxygens (including phenoxy) is 1. The fourth-order valence-electron chi connectivity index (χ4n) is 4.12. The Balaban J connectivity index is 0.000000349. The quantitative estimate of drug-likeness (QED) is 0.640. The Labute approximate surface area is 154 Å².